The van der Waals surface area contributed by atoms with E-state index in [0.717, 1.165) is 11.6 Å². The summed E-state index contributed by atoms with van der Waals surface area (Å²) in [5, 5.41) is 0. The molecule has 2 amide bonds. The molecule has 2 aliphatic carbocycles. The van der Waals surface area contributed by atoms with Gasteiger partial charge >= 0.3 is 5.91 Å². The second-order valence-electron chi connectivity index (χ2n) is 11.1. The molecule has 0 bridgehead atoms. The molecule has 4 unspecified atom stereocenters. The van der Waals surface area contributed by atoms with Crippen molar-refractivity contribution >= 4 is 27.7 Å². The van der Waals surface area contributed by atoms with Crippen molar-refractivity contribution in [1.29, 1.82) is 0 Å². The Morgan fingerprint density at radius 2 is 1.82 bits per heavy atom. The molecular weight excluding hydrogens is 533 g/mol. The Labute approximate surface area is 225 Å². The molecule has 3 fully saturated rings. The van der Waals surface area contributed by atoms with Crippen molar-refractivity contribution in [2.24, 2.45) is 0 Å². The Morgan fingerprint density at radius 3 is 2.46 bits per heavy atom. The summed E-state index contributed by atoms with van der Waals surface area (Å²) >= 11 is 0. The van der Waals surface area contributed by atoms with Crippen molar-refractivity contribution in [3.05, 3.63) is 65.5 Å². The van der Waals surface area contributed by atoms with Gasteiger partial charge in [-0.2, -0.15) is 12.7 Å². The van der Waals surface area contributed by atoms with Crippen LogP contribution in [0, 0.1) is 5.82 Å². The third-order valence-corrected chi connectivity index (χ3v) is 10.3. The van der Waals surface area contributed by atoms with E-state index in [1.165, 1.54) is 27.4 Å². The summed E-state index contributed by atoms with van der Waals surface area (Å²) in [5.41, 5.74) is 1.61. The van der Waals surface area contributed by atoms with Crippen LogP contribution in [0.15, 0.2) is 48.5 Å². The number of nitrogens with one attached hydrogen (secondary N) is 1. The van der Waals surface area contributed by atoms with Gasteiger partial charge in [-0.1, -0.05) is 30.3 Å². The summed E-state index contributed by atoms with van der Waals surface area (Å²) in [6.45, 7) is 0.606. The summed E-state index contributed by atoms with van der Waals surface area (Å²) in [6.07, 6.45) is -0.421. The van der Waals surface area contributed by atoms with Crippen LogP contribution in [0.2, 0.25) is 0 Å². The van der Waals surface area contributed by atoms with E-state index in [1.54, 1.807) is 19.2 Å². The van der Waals surface area contributed by atoms with Crippen molar-refractivity contribution in [1.82, 2.24) is 9.03 Å². The Kier molecular flexibility index (Phi) is 6.18. The number of likely N-dealkylation sites (N-methyl/N-ethyl adjacent to an activating group) is 1. The molecule has 2 aromatic carbocycles. The molecule has 4 aliphatic rings. The van der Waals surface area contributed by atoms with Crippen LogP contribution in [0.5, 0.6) is 0 Å². The predicted molar refractivity (Wildman–Crippen MR) is 136 cm³/mol. The van der Waals surface area contributed by atoms with E-state index in [9.17, 15) is 31.2 Å². The number of benzene rings is 2. The number of fused-ring (bicyclic) bond motifs is 3. The number of hydrogen-bond acceptors (Lipinski definition) is 4. The average molecular weight is 564 g/mol. The molecule has 2 saturated carbocycles. The first-order valence-electron chi connectivity index (χ1n) is 13.1. The molecule has 39 heavy (non-hydrogen) atoms. The Bertz CT molecular complexity index is 1440. The van der Waals surface area contributed by atoms with Crippen molar-refractivity contribution in [3.63, 3.8) is 0 Å². The fourth-order valence-corrected chi connectivity index (χ4v) is 7.42. The van der Waals surface area contributed by atoms with E-state index in [2.05, 4.69) is 4.72 Å². The molecule has 2 heterocycles. The highest BCUT2D eigenvalue weighted by Gasteiger charge is 2.68. The van der Waals surface area contributed by atoms with Gasteiger partial charge in [-0.15, -0.1) is 0 Å². The Morgan fingerprint density at radius 1 is 1.13 bits per heavy atom. The number of quaternary nitrogens is 1. The van der Waals surface area contributed by atoms with Gasteiger partial charge in [-0.25, -0.2) is 22.7 Å². The van der Waals surface area contributed by atoms with Crippen LogP contribution < -0.4 is 9.62 Å². The van der Waals surface area contributed by atoms with Crippen molar-refractivity contribution in [2.45, 2.75) is 55.6 Å². The normalized spacial score (nSPS) is 29.5. The molecule has 0 spiro atoms. The molecule has 6 rings (SSSR count). The zero-order chi connectivity index (χ0) is 27.7. The minimum absolute atomic E-state index is 0.0155. The van der Waals surface area contributed by atoms with E-state index < -0.39 is 58.7 Å². The van der Waals surface area contributed by atoms with Crippen LogP contribution in [0.4, 0.5) is 18.9 Å². The lowest BCUT2D eigenvalue weighted by Gasteiger charge is -2.48. The number of amides is 2. The number of halogens is 3. The van der Waals surface area contributed by atoms with Gasteiger partial charge in [0.15, 0.2) is 6.04 Å². The Balaban J connectivity index is 1.40. The number of hydrogen-bond donors (Lipinski definition) is 1. The monoisotopic (exact) mass is 563 g/mol. The van der Waals surface area contributed by atoms with Gasteiger partial charge < -0.3 is 0 Å². The first-order valence-corrected chi connectivity index (χ1v) is 14.6. The van der Waals surface area contributed by atoms with E-state index in [-0.39, 0.29) is 35.1 Å². The number of carbonyl (C=O) groups is 2. The topological polar surface area (TPSA) is 86.6 Å². The molecule has 1 N–H and O–H groups in total. The molecule has 0 radical (unpaired) electrons. The number of rotatable bonds is 8. The van der Waals surface area contributed by atoms with Crippen LogP contribution in [0.25, 0.3) is 0 Å². The third-order valence-electron chi connectivity index (χ3n) is 8.65. The molecule has 8 nitrogen and oxygen atoms in total. The molecular formula is C27H30F3N4O4S+. The van der Waals surface area contributed by atoms with Crippen LogP contribution in [0.1, 0.15) is 48.8 Å². The van der Waals surface area contributed by atoms with Gasteiger partial charge in [0, 0.05) is 44.1 Å². The second-order valence-corrected chi connectivity index (χ2v) is 12.9. The minimum atomic E-state index is -3.70. The first-order chi connectivity index (χ1) is 18.4. The molecule has 0 aromatic heterocycles. The molecule has 4 atom stereocenters. The standard InChI is InChI=1S/C27H30F3N4O4S/c1-34(19-15-27(29,30)16-19)23-14-22(23)20-7-2-3-8-21(20)25(26(34)36)33(18-6-4-5-17(28)13-18)24(35)9-10-31-39(37,38)32-11-12-32/h2-8,13,19,22-23,25,31H,9-12,14-16H2,1H3/q+1. The highest BCUT2D eigenvalue weighted by molar-refractivity contribution is 7.87. The third kappa shape index (κ3) is 4.56. The Hall–Kier alpha value is -2.80. The number of nitrogens with zero attached hydrogens (tertiary/aromatic N) is 3. The summed E-state index contributed by atoms with van der Waals surface area (Å²) in [5.74, 6) is -4.43. The lowest BCUT2D eigenvalue weighted by atomic mass is 9.84. The van der Waals surface area contributed by atoms with E-state index in [1.807, 2.05) is 12.1 Å². The molecule has 2 aliphatic heterocycles. The highest BCUT2D eigenvalue weighted by atomic mass is 32.2. The van der Waals surface area contributed by atoms with Gasteiger partial charge in [-0.3, -0.25) is 14.2 Å². The van der Waals surface area contributed by atoms with E-state index in [0.29, 0.717) is 25.1 Å². The summed E-state index contributed by atoms with van der Waals surface area (Å²) < 4.78 is 70.4. The maximum atomic E-state index is 14.6. The van der Waals surface area contributed by atoms with Gasteiger partial charge in [-0.05, 0) is 29.3 Å². The van der Waals surface area contributed by atoms with Crippen LogP contribution in [0.3, 0.4) is 0 Å². The van der Waals surface area contributed by atoms with Gasteiger partial charge in [0.1, 0.15) is 17.9 Å². The van der Waals surface area contributed by atoms with Crippen LogP contribution >= 0.6 is 0 Å². The summed E-state index contributed by atoms with van der Waals surface area (Å²) in [6, 6.07) is 10.6. The number of anilines is 1. The number of carbonyl (C=O) groups excluding carboxylic acids is 2. The van der Waals surface area contributed by atoms with Crippen LogP contribution in [-0.4, -0.2) is 73.7 Å². The van der Waals surface area contributed by atoms with Gasteiger partial charge in [0.2, 0.25) is 5.91 Å². The maximum absolute atomic E-state index is 14.6. The molecule has 1 saturated heterocycles. The van der Waals surface area contributed by atoms with E-state index in [4.69, 9.17) is 0 Å². The largest absolute Gasteiger partial charge is 0.341 e. The molecule has 208 valence electrons. The fraction of sp³-hybridized carbons (Fsp3) is 0.481. The minimum Gasteiger partial charge on any atom is -0.292 e. The SMILES string of the molecule is C[N+]1(C2CC(F)(F)C2)C(=O)C(N(C(=O)CCNS(=O)(=O)N2CC2)c2cccc(F)c2)c2ccccc2C2CC21. The summed E-state index contributed by atoms with van der Waals surface area (Å²) in [4.78, 5) is 29.6. The highest BCUT2D eigenvalue weighted by Crippen LogP contribution is 2.58. The van der Waals surface area contributed by atoms with Crippen molar-refractivity contribution < 1.29 is 35.7 Å². The lowest BCUT2D eigenvalue weighted by Crippen LogP contribution is -2.67. The average Bonchev–Trinajstić information content (AvgIpc) is 3.77. The quantitative estimate of drug-likeness (QED) is 0.395. The van der Waals surface area contributed by atoms with Gasteiger partial charge in [0.05, 0.1) is 19.9 Å². The molecule has 2 aromatic rings. The smallest absolute Gasteiger partial charge is 0.292 e. The van der Waals surface area contributed by atoms with E-state index >= 15 is 0 Å². The van der Waals surface area contributed by atoms with Crippen LogP contribution in [-0.2, 0) is 19.8 Å². The maximum Gasteiger partial charge on any atom is 0.341 e. The first kappa shape index (κ1) is 26.4. The zero-order valence-corrected chi connectivity index (χ0v) is 22.2. The predicted octanol–water partition coefficient (Wildman–Crippen LogP) is 3.08. The van der Waals surface area contributed by atoms with Crippen molar-refractivity contribution in [2.75, 3.05) is 31.6 Å². The zero-order valence-electron chi connectivity index (χ0n) is 21.4. The lowest BCUT2D eigenvalue weighted by molar-refractivity contribution is -0.882. The molecule has 12 heteroatoms. The van der Waals surface area contributed by atoms with Crippen molar-refractivity contribution in [3.8, 4) is 0 Å². The second kappa shape index (κ2) is 9.12. The summed E-state index contributed by atoms with van der Waals surface area (Å²) in [7, 11) is -2.00. The van der Waals surface area contributed by atoms with Gasteiger partial charge in [0.25, 0.3) is 16.1 Å². The fourth-order valence-electron chi connectivity index (χ4n) is 6.32. The number of alkyl halides is 2.